The summed E-state index contributed by atoms with van der Waals surface area (Å²) in [6.45, 7) is 2.13. The molecule has 0 unspecified atom stereocenters. The van der Waals surface area contributed by atoms with Crippen LogP contribution in [-0.2, 0) is 6.42 Å². The lowest BCUT2D eigenvalue weighted by atomic mass is 10.0. The quantitative estimate of drug-likeness (QED) is 0.419. The standard InChI is InChI=1S/C16H15IOS/c1-2-19-15-9-5-13(6-10-15)16(18)11-12-3-7-14(17)8-4-12/h3-10H,2,11H2,1H3. The average Bonchev–Trinajstić information content (AvgIpc) is 2.42. The highest BCUT2D eigenvalue weighted by Gasteiger charge is 2.07. The van der Waals surface area contributed by atoms with Gasteiger partial charge in [0.15, 0.2) is 5.78 Å². The van der Waals surface area contributed by atoms with E-state index in [1.165, 1.54) is 8.47 Å². The zero-order valence-electron chi connectivity index (χ0n) is 10.7. The van der Waals surface area contributed by atoms with E-state index in [0.717, 1.165) is 16.9 Å². The number of ketones is 1. The Morgan fingerprint density at radius 1 is 1.05 bits per heavy atom. The fourth-order valence-electron chi connectivity index (χ4n) is 1.79. The molecule has 19 heavy (non-hydrogen) atoms. The van der Waals surface area contributed by atoms with Crippen LogP contribution >= 0.6 is 34.4 Å². The van der Waals surface area contributed by atoms with Gasteiger partial charge in [-0.15, -0.1) is 11.8 Å². The number of rotatable bonds is 5. The summed E-state index contributed by atoms with van der Waals surface area (Å²) in [5, 5.41) is 0. The molecular formula is C16H15IOS. The first kappa shape index (κ1) is 14.6. The Kier molecular flexibility index (Phi) is 5.45. The Bertz CT molecular complexity index is 546. The number of halogens is 1. The summed E-state index contributed by atoms with van der Waals surface area (Å²) in [6.07, 6.45) is 0.469. The van der Waals surface area contributed by atoms with Gasteiger partial charge in [-0.3, -0.25) is 4.79 Å². The second-order valence-electron chi connectivity index (χ2n) is 4.18. The molecule has 0 saturated heterocycles. The van der Waals surface area contributed by atoms with E-state index in [4.69, 9.17) is 0 Å². The molecule has 98 valence electrons. The highest BCUT2D eigenvalue weighted by atomic mass is 127. The molecule has 2 aromatic rings. The molecule has 0 spiro atoms. The fourth-order valence-corrected chi connectivity index (χ4v) is 2.81. The minimum Gasteiger partial charge on any atom is -0.294 e. The van der Waals surface area contributed by atoms with Crippen molar-refractivity contribution in [1.29, 1.82) is 0 Å². The smallest absolute Gasteiger partial charge is 0.167 e. The van der Waals surface area contributed by atoms with E-state index in [9.17, 15) is 4.79 Å². The molecule has 0 atom stereocenters. The maximum Gasteiger partial charge on any atom is 0.167 e. The van der Waals surface area contributed by atoms with Gasteiger partial charge >= 0.3 is 0 Å². The summed E-state index contributed by atoms with van der Waals surface area (Å²) < 4.78 is 1.19. The van der Waals surface area contributed by atoms with Crippen molar-refractivity contribution in [2.24, 2.45) is 0 Å². The predicted molar refractivity (Wildman–Crippen MR) is 90.0 cm³/mol. The van der Waals surface area contributed by atoms with E-state index < -0.39 is 0 Å². The molecular weight excluding hydrogens is 367 g/mol. The summed E-state index contributed by atoms with van der Waals surface area (Å²) >= 11 is 4.05. The van der Waals surface area contributed by atoms with Gasteiger partial charge in [0.05, 0.1) is 0 Å². The highest BCUT2D eigenvalue weighted by molar-refractivity contribution is 14.1. The Balaban J connectivity index is 2.05. The lowest BCUT2D eigenvalue weighted by Gasteiger charge is -2.03. The van der Waals surface area contributed by atoms with Crippen LogP contribution in [0.1, 0.15) is 22.8 Å². The van der Waals surface area contributed by atoms with Crippen LogP contribution in [0.4, 0.5) is 0 Å². The van der Waals surface area contributed by atoms with Gasteiger partial charge in [0.1, 0.15) is 0 Å². The summed E-state index contributed by atoms with van der Waals surface area (Å²) in [6, 6.07) is 16.0. The van der Waals surface area contributed by atoms with Gasteiger partial charge in [-0.25, -0.2) is 0 Å². The number of benzene rings is 2. The van der Waals surface area contributed by atoms with Crippen molar-refractivity contribution in [3.63, 3.8) is 0 Å². The summed E-state index contributed by atoms with van der Waals surface area (Å²) in [5.74, 6) is 1.23. The number of thioether (sulfide) groups is 1. The van der Waals surface area contributed by atoms with Crippen LogP contribution in [-0.4, -0.2) is 11.5 Å². The Labute approximate surface area is 131 Å². The van der Waals surface area contributed by atoms with Gasteiger partial charge in [0.25, 0.3) is 0 Å². The maximum absolute atomic E-state index is 12.2. The number of hydrogen-bond acceptors (Lipinski definition) is 2. The van der Waals surface area contributed by atoms with Gasteiger partial charge < -0.3 is 0 Å². The highest BCUT2D eigenvalue weighted by Crippen LogP contribution is 2.18. The van der Waals surface area contributed by atoms with Crippen molar-refractivity contribution in [1.82, 2.24) is 0 Å². The van der Waals surface area contributed by atoms with Crippen molar-refractivity contribution in [2.45, 2.75) is 18.2 Å². The lowest BCUT2D eigenvalue weighted by molar-refractivity contribution is 0.0993. The van der Waals surface area contributed by atoms with E-state index in [0.29, 0.717) is 6.42 Å². The molecule has 0 N–H and O–H groups in total. The molecule has 0 aromatic heterocycles. The van der Waals surface area contributed by atoms with Crippen molar-refractivity contribution in [3.05, 3.63) is 63.2 Å². The van der Waals surface area contributed by atoms with E-state index in [1.54, 1.807) is 11.8 Å². The van der Waals surface area contributed by atoms with E-state index in [-0.39, 0.29) is 5.78 Å². The van der Waals surface area contributed by atoms with Crippen LogP contribution < -0.4 is 0 Å². The number of carbonyl (C=O) groups is 1. The van der Waals surface area contributed by atoms with Gasteiger partial charge in [-0.1, -0.05) is 31.2 Å². The van der Waals surface area contributed by atoms with Gasteiger partial charge in [0, 0.05) is 20.4 Å². The molecule has 0 fully saturated rings. The monoisotopic (exact) mass is 382 g/mol. The third-order valence-electron chi connectivity index (χ3n) is 2.77. The summed E-state index contributed by atoms with van der Waals surface area (Å²) in [5.41, 5.74) is 1.86. The molecule has 3 heteroatoms. The summed E-state index contributed by atoms with van der Waals surface area (Å²) in [7, 11) is 0. The van der Waals surface area contributed by atoms with Crippen molar-refractivity contribution in [3.8, 4) is 0 Å². The first-order valence-corrected chi connectivity index (χ1v) is 8.26. The van der Waals surface area contributed by atoms with E-state index >= 15 is 0 Å². The maximum atomic E-state index is 12.2. The molecule has 0 heterocycles. The molecule has 0 aliphatic carbocycles. The predicted octanol–water partition coefficient (Wildman–Crippen LogP) is 4.83. The molecule has 0 bridgehead atoms. The lowest BCUT2D eigenvalue weighted by Crippen LogP contribution is -2.03. The largest absolute Gasteiger partial charge is 0.294 e. The third kappa shape index (κ3) is 4.35. The van der Waals surface area contributed by atoms with Crippen LogP contribution in [0.3, 0.4) is 0 Å². The zero-order chi connectivity index (χ0) is 13.7. The van der Waals surface area contributed by atoms with Crippen LogP contribution in [0.5, 0.6) is 0 Å². The van der Waals surface area contributed by atoms with E-state index in [2.05, 4.69) is 29.5 Å². The SMILES string of the molecule is CCSc1ccc(C(=O)Cc2ccc(I)cc2)cc1. The first-order valence-electron chi connectivity index (χ1n) is 6.19. The normalized spacial score (nSPS) is 10.4. The number of carbonyl (C=O) groups excluding carboxylic acids is 1. The molecule has 0 amide bonds. The number of hydrogen-bond donors (Lipinski definition) is 0. The Morgan fingerprint density at radius 2 is 1.68 bits per heavy atom. The zero-order valence-corrected chi connectivity index (χ0v) is 13.7. The Morgan fingerprint density at radius 3 is 2.26 bits per heavy atom. The second kappa shape index (κ2) is 7.10. The van der Waals surface area contributed by atoms with Crippen molar-refractivity contribution < 1.29 is 4.79 Å². The van der Waals surface area contributed by atoms with Crippen molar-refractivity contribution in [2.75, 3.05) is 5.75 Å². The minimum atomic E-state index is 0.175. The molecule has 0 saturated carbocycles. The average molecular weight is 382 g/mol. The van der Waals surface area contributed by atoms with Gasteiger partial charge in [0.2, 0.25) is 0 Å². The molecule has 1 nitrogen and oxygen atoms in total. The third-order valence-corrected chi connectivity index (χ3v) is 4.38. The van der Waals surface area contributed by atoms with Crippen LogP contribution in [0.15, 0.2) is 53.4 Å². The van der Waals surface area contributed by atoms with Crippen LogP contribution in [0.25, 0.3) is 0 Å². The van der Waals surface area contributed by atoms with Gasteiger partial charge in [-0.05, 0) is 58.2 Å². The van der Waals surface area contributed by atoms with E-state index in [1.807, 2.05) is 48.5 Å². The van der Waals surface area contributed by atoms with Crippen LogP contribution in [0, 0.1) is 3.57 Å². The first-order chi connectivity index (χ1) is 9.19. The van der Waals surface area contributed by atoms with Crippen molar-refractivity contribution >= 4 is 40.1 Å². The molecule has 0 radical (unpaired) electrons. The molecule has 2 rings (SSSR count). The minimum absolute atomic E-state index is 0.175. The number of Topliss-reactive ketones (excluding diaryl/α,β-unsaturated/α-hetero) is 1. The topological polar surface area (TPSA) is 17.1 Å². The molecule has 0 aliphatic rings. The summed E-state index contributed by atoms with van der Waals surface area (Å²) in [4.78, 5) is 13.4. The van der Waals surface area contributed by atoms with Crippen LogP contribution in [0.2, 0.25) is 0 Å². The molecule has 0 aliphatic heterocycles. The van der Waals surface area contributed by atoms with Gasteiger partial charge in [-0.2, -0.15) is 0 Å². The Hall–Kier alpha value is -0.810. The fraction of sp³-hybridized carbons (Fsp3) is 0.188. The molecule has 2 aromatic carbocycles. The second-order valence-corrected chi connectivity index (χ2v) is 6.77.